The van der Waals surface area contributed by atoms with Crippen molar-refractivity contribution in [3.8, 4) is 0 Å². The van der Waals surface area contributed by atoms with Gasteiger partial charge in [-0.3, -0.25) is 5.43 Å². The summed E-state index contributed by atoms with van der Waals surface area (Å²) in [6.45, 7) is 4.29. The standard InChI is InChI=1S/C6H13N3/c1-3-5-6(4-2)8-9-7-5/h5-6H,3-4H2,1-2H3,(H,7,8). The molecule has 1 N–H and O–H groups in total. The van der Waals surface area contributed by atoms with Crippen molar-refractivity contribution >= 4 is 0 Å². The molecule has 0 saturated heterocycles. The molecule has 1 heterocycles. The van der Waals surface area contributed by atoms with Gasteiger partial charge in [-0.05, 0) is 12.8 Å². The summed E-state index contributed by atoms with van der Waals surface area (Å²) in [5.41, 5.74) is 2.97. The van der Waals surface area contributed by atoms with E-state index >= 15 is 0 Å². The molecule has 0 saturated carbocycles. The summed E-state index contributed by atoms with van der Waals surface area (Å²) in [6, 6.07) is 0.921. The highest BCUT2D eigenvalue weighted by molar-refractivity contribution is 4.80. The van der Waals surface area contributed by atoms with Crippen LogP contribution in [-0.2, 0) is 0 Å². The molecule has 1 aliphatic rings. The molecular weight excluding hydrogens is 114 g/mol. The lowest BCUT2D eigenvalue weighted by Gasteiger charge is -2.10. The summed E-state index contributed by atoms with van der Waals surface area (Å²) in [5, 5.41) is 7.78. The predicted octanol–water partition coefficient (Wildman–Crippen LogP) is 1.51. The smallest absolute Gasteiger partial charge is 0.0944 e. The summed E-state index contributed by atoms with van der Waals surface area (Å²) in [7, 11) is 0. The summed E-state index contributed by atoms with van der Waals surface area (Å²) >= 11 is 0. The van der Waals surface area contributed by atoms with Gasteiger partial charge in [-0.25, -0.2) is 0 Å². The van der Waals surface area contributed by atoms with E-state index in [9.17, 15) is 0 Å². The third kappa shape index (κ3) is 1.20. The van der Waals surface area contributed by atoms with Gasteiger partial charge in [0, 0.05) is 0 Å². The number of hydrogen-bond donors (Lipinski definition) is 1. The molecule has 3 heteroatoms. The largest absolute Gasteiger partial charge is 0.287 e. The SMILES string of the molecule is CCC1N=NNC1CC. The van der Waals surface area contributed by atoms with E-state index in [0.29, 0.717) is 12.1 Å². The maximum atomic E-state index is 4.02. The topological polar surface area (TPSA) is 36.8 Å². The van der Waals surface area contributed by atoms with Gasteiger partial charge in [0.25, 0.3) is 0 Å². The molecule has 2 atom stereocenters. The van der Waals surface area contributed by atoms with Gasteiger partial charge >= 0.3 is 0 Å². The van der Waals surface area contributed by atoms with Crippen LogP contribution in [0.3, 0.4) is 0 Å². The summed E-state index contributed by atoms with van der Waals surface area (Å²) in [5.74, 6) is 0. The van der Waals surface area contributed by atoms with Crippen molar-refractivity contribution in [3.05, 3.63) is 0 Å². The van der Waals surface area contributed by atoms with Crippen molar-refractivity contribution in [1.29, 1.82) is 0 Å². The molecule has 0 radical (unpaired) electrons. The van der Waals surface area contributed by atoms with Crippen LogP contribution in [0, 0.1) is 0 Å². The van der Waals surface area contributed by atoms with Crippen LogP contribution in [0.1, 0.15) is 26.7 Å². The van der Waals surface area contributed by atoms with Gasteiger partial charge in [0.15, 0.2) is 0 Å². The first-order chi connectivity index (χ1) is 4.38. The molecule has 52 valence electrons. The fraction of sp³-hybridized carbons (Fsp3) is 1.00. The minimum Gasteiger partial charge on any atom is -0.287 e. The van der Waals surface area contributed by atoms with Crippen molar-refractivity contribution in [1.82, 2.24) is 5.43 Å². The number of nitrogens with one attached hydrogen (secondary N) is 1. The Bertz CT molecular complexity index is 111. The second-order valence-electron chi connectivity index (χ2n) is 2.33. The summed E-state index contributed by atoms with van der Waals surface area (Å²) in [6.07, 6.45) is 2.21. The van der Waals surface area contributed by atoms with E-state index in [0.717, 1.165) is 12.8 Å². The number of hydrogen-bond acceptors (Lipinski definition) is 3. The fourth-order valence-corrected chi connectivity index (χ4v) is 1.08. The van der Waals surface area contributed by atoms with Gasteiger partial charge in [-0.2, -0.15) is 5.11 Å². The van der Waals surface area contributed by atoms with Gasteiger partial charge in [0.05, 0.1) is 12.1 Å². The Morgan fingerprint density at radius 2 is 2.11 bits per heavy atom. The molecule has 3 nitrogen and oxygen atoms in total. The average Bonchev–Trinajstić information content (AvgIpc) is 2.33. The average molecular weight is 127 g/mol. The Morgan fingerprint density at radius 3 is 2.56 bits per heavy atom. The Labute approximate surface area is 55.5 Å². The van der Waals surface area contributed by atoms with Crippen LogP contribution >= 0.6 is 0 Å². The normalized spacial score (nSPS) is 32.7. The summed E-state index contributed by atoms with van der Waals surface area (Å²) < 4.78 is 0. The Kier molecular flexibility index (Phi) is 2.03. The van der Waals surface area contributed by atoms with Crippen LogP contribution in [0.15, 0.2) is 10.3 Å². The second kappa shape index (κ2) is 2.80. The molecule has 0 aromatic carbocycles. The molecule has 0 aromatic rings. The van der Waals surface area contributed by atoms with Crippen LogP contribution in [0.4, 0.5) is 0 Å². The van der Waals surface area contributed by atoms with Crippen molar-refractivity contribution in [3.63, 3.8) is 0 Å². The highest BCUT2D eigenvalue weighted by Gasteiger charge is 2.20. The van der Waals surface area contributed by atoms with Gasteiger partial charge in [-0.15, -0.1) is 0 Å². The quantitative estimate of drug-likeness (QED) is 0.599. The van der Waals surface area contributed by atoms with E-state index in [1.165, 1.54) is 0 Å². The van der Waals surface area contributed by atoms with Crippen LogP contribution in [0.2, 0.25) is 0 Å². The molecule has 0 amide bonds. The number of rotatable bonds is 2. The van der Waals surface area contributed by atoms with Gasteiger partial charge < -0.3 is 0 Å². The van der Waals surface area contributed by atoms with Crippen LogP contribution < -0.4 is 5.43 Å². The third-order valence-corrected chi connectivity index (χ3v) is 1.75. The Morgan fingerprint density at radius 1 is 1.33 bits per heavy atom. The maximum absolute atomic E-state index is 4.02. The Hall–Kier alpha value is -0.600. The zero-order chi connectivity index (χ0) is 6.69. The van der Waals surface area contributed by atoms with Gasteiger partial charge in [0.1, 0.15) is 0 Å². The monoisotopic (exact) mass is 127 g/mol. The highest BCUT2D eigenvalue weighted by Crippen LogP contribution is 2.12. The fourth-order valence-electron chi connectivity index (χ4n) is 1.08. The van der Waals surface area contributed by atoms with Gasteiger partial charge in [0.2, 0.25) is 0 Å². The van der Waals surface area contributed by atoms with Crippen LogP contribution in [-0.4, -0.2) is 12.1 Å². The first-order valence-corrected chi connectivity index (χ1v) is 3.53. The molecule has 0 aromatic heterocycles. The second-order valence-corrected chi connectivity index (χ2v) is 2.33. The molecule has 0 bridgehead atoms. The van der Waals surface area contributed by atoms with E-state index < -0.39 is 0 Å². The molecule has 0 aliphatic carbocycles. The van der Waals surface area contributed by atoms with Crippen molar-refractivity contribution < 1.29 is 0 Å². The van der Waals surface area contributed by atoms with E-state index in [-0.39, 0.29) is 0 Å². The molecule has 1 aliphatic heterocycles. The van der Waals surface area contributed by atoms with E-state index in [1.54, 1.807) is 0 Å². The minimum atomic E-state index is 0.426. The van der Waals surface area contributed by atoms with Crippen LogP contribution in [0.25, 0.3) is 0 Å². The van der Waals surface area contributed by atoms with Crippen molar-refractivity contribution in [2.75, 3.05) is 0 Å². The van der Waals surface area contributed by atoms with E-state index in [1.807, 2.05) is 0 Å². The van der Waals surface area contributed by atoms with Crippen LogP contribution in [0.5, 0.6) is 0 Å². The molecule has 1 rings (SSSR count). The van der Waals surface area contributed by atoms with Crippen molar-refractivity contribution in [2.24, 2.45) is 10.3 Å². The summed E-state index contributed by atoms with van der Waals surface area (Å²) in [4.78, 5) is 0. The van der Waals surface area contributed by atoms with E-state index in [2.05, 4.69) is 29.6 Å². The lowest BCUT2D eigenvalue weighted by atomic mass is 10.1. The third-order valence-electron chi connectivity index (χ3n) is 1.75. The molecule has 9 heavy (non-hydrogen) atoms. The molecule has 0 fully saturated rings. The lowest BCUT2D eigenvalue weighted by molar-refractivity contribution is 0.486. The van der Waals surface area contributed by atoms with E-state index in [4.69, 9.17) is 0 Å². The molecular formula is C6H13N3. The zero-order valence-corrected chi connectivity index (χ0v) is 5.96. The first kappa shape index (κ1) is 6.52. The highest BCUT2D eigenvalue weighted by atomic mass is 15.5. The lowest BCUT2D eigenvalue weighted by Crippen LogP contribution is -2.28. The Balaban J connectivity index is 2.39. The molecule has 2 unspecified atom stereocenters. The zero-order valence-electron chi connectivity index (χ0n) is 5.96. The minimum absolute atomic E-state index is 0.426. The van der Waals surface area contributed by atoms with Crippen molar-refractivity contribution in [2.45, 2.75) is 38.8 Å². The first-order valence-electron chi connectivity index (χ1n) is 3.53. The van der Waals surface area contributed by atoms with Gasteiger partial charge in [-0.1, -0.05) is 19.1 Å². The maximum Gasteiger partial charge on any atom is 0.0944 e. The molecule has 0 spiro atoms. The predicted molar refractivity (Wildman–Crippen MR) is 36.1 cm³/mol. The number of nitrogens with zero attached hydrogens (tertiary/aromatic N) is 2.